The lowest BCUT2D eigenvalue weighted by Crippen LogP contribution is -2.48. The van der Waals surface area contributed by atoms with Crippen molar-refractivity contribution >= 4 is 33.4 Å². The Morgan fingerprint density at radius 1 is 1.12 bits per heavy atom. The van der Waals surface area contributed by atoms with Gasteiger partial charge in [-0.25, -0.2) is 13.2 Å². The summed E-state index contributed by atoms with van der Waals surface area (Å²) < 4.78 is 32.0. The number of hydrogen-bond acceptors (Lipinski definition) is 7. The van der Waals surface area contributed by atoms with Crippen LogP contribution in [0.5, 0.6) is 0 Å². The molecule has 0 bridgehead atoms. The third kappa shape index (κ3) is 5.77. The van der Waals surface area contributed by atoms with Crippen LogP contribution in [0, 0.1) is 10.1 Å². The Balaban J connectivity index is 1.74. The number of esters is 1. The number of benzene rings is 2. The summed E-state index contributed by atoms with van der Waals surface area (Å²) in [6.45, 7) is 3.16. The first-order chi connectivity index (χ1) is 15.8. The second kappa shape index (κ2) is 10.6. The largest absolute Gasteiger partial charge is 0.466 e. The zero-order valence-corrected chi connectivity index (χ0v) is 19.5. The van der Waals surface area contributed by atoms with Gasteiger partial charge in [0.25, 0.3) is 5.69 Å². The van der Waals surface area contributed by atoms with Gasteiger partial charge in [0.1, 0.15) is 5.69 Å². The monoisotopic (exact) mass is 473 g/mol. The van der Waals surface area contributed by atoms with Gasteiger partial charge in [0.15, 0.2) is 0 Å². The van der Waals surface area contributed by atoms with E-state index in [-0.39, 0.29) is 23.7 Å². The number of nitrogens with zero attached hydrogens (tertiary/aromatic N) is 3. The molecule has 0 atom stereocenters. The Bertz CT molecular complexity index is 1140. The smallest absolute Gasteiger partial charge is 0.330 e. The maximum Gasteiger partial charge on any atom is 0.330 e. The number of methoxy groups -OCH3 is 1. The molecule has 1 aliphatic rings. The minimum Gasteiger partial charge on any atom is -0.466 e. The summed E-state index contributed by atoms with van der Waals surface area (Å²) in [5.74, 6) is -0.556. The lowest BCUT2D eigenvalue weighted by molar-refractivity contribution is -0.384. The van der Waals surface area contributed by atoms with Gasteiger partial charge in [-0.3, -0.25) is 10.1 Å². The molecule has 0 aromatic heterocycles. The number of ether oxygens (including phenoxy) is 1. The van der Waals surface area contributed by atoms with Crippen molar-refractivity contribution in [3.63, 3.8) is 0 Å². The van der Waals surface area contributed by atoms with Crippen LogP contribution in [0.2, 0.25) is 0 Å². The number of carbonyl (C=O) groups is 1. The van der Waals surface area contributed by atoms with E-state index in [2.05, 4.69) is 11.7 Å². The van der Waals surface area contributed by atoms with E-state index in [4.69, 9.17) is 0 Å². The normalized spacial score (nSPS) is 15.0. The molecule has 176 valence electrons. The molecule has 9 nitrogen and oxygen atoms in total. The molecule has 1 aliphatic heterocycles. The van der Waals surface area contributed by atoms with Crippen molar-refractivity contribution in [1.82, 2.24) is 4.31 Å². The van der Waals surface area contributed by atoms with Crippen LogP contribution in [0.1, 0.15) is 24.5 Å². The van der Waals surface area contributed by atoms with Crippen molar-refractivity contribution in [3.05, 3.63) is 69.8 Å². The second-order valence-corrected chi connectivity index (χ2v) is 9.58. The fraction of sp³-hybridized carbons (Fsp3) is 0.348. The highest BCUT2D eigenvalue weighted by atomic mass is 32.2. The summed E-state index contributed by atoms with van der Waals surface area (Å²) in [6.07, 6.45) is 4.52. The molecule has 0 unspecified atom stereocenters. The first-order valence-electron chi connectivity index (χ1n) is 10.6. The van der Waals surface area contributed by atoms with Crippen molar-refractivity contribution < 1.29 is 22.9 Å². The fourth-order valence-corrected chi connectivity index (χ4v) is 5.15. The SMILES string of the molecule is CCCc1ccc(S(=O)(=O)N2CCN(c3ccc(/C=C/C(=O)OC)cc3[N+](=O)[O-])CC2)cc1. The van der Waals surface area contributed by atoms with Crippen LogP contribution < -0.4 is 4.90 Å². The van der Waals surface area contributed by atoms with Crippen LogP contribution in [-0.2, 0) is 26.0 Å². The van der Waals surface area contributed by atoms with Crippen LogP contribution in [0.15, 0.2) is 53.4 Å². The van der Waals surface area contributed by atoms with Crippen molar-refractivity contribution in [2.45, 2.75) is 24.7 Å². The lowest BCUT2D eigenvalue weighted by Gasteiger charge is -2.35. The molecule has 1 fully saturated rings. The molecule has 1 saturated heterocycles. The summed E-state index contributed by atoms with van der Waals surface area (Å²) in [5.41, 5.74) is 1.89. The summed E-state index contributed by atoms with van der Waals surface area (Å²) in [4.78, 5) is 24.5. The molecule has 1 heterocycles. The first-order valence-corrected chi connectivity index (χ1v) is 12.1. The quantitative estimate of drug-likeness (QED) is 0.250. The minimum atomic E-state index is -3.63. The highest BCUT2D eigenvalue weighted by molar-refractivity contribution is 7.89. The van der Waals surface area contributed by atoms with Crippen LogP contribution in [0.25, 0.3) is 6.08 Å². The topological polar surface area (TPSA) is 110 Å². The number of rotatable bonds is 8. The number of nitro groups is 1. The third-order valence-corrected chi connectivity index (χ3v) is 7.40. The van der Waals surface area contributed by atoms with Crippen molar-refractivity contribution in [3.8, 4) is 0 Å². The van der Waals surface area contributed by atoms with Crippen LogP contribution in [0.3, 0.4) is 0 Å². The molecule has 3 rings (SSSR count). The third-order valence-electron chi connectivity index (χ3n) is 5.49. The number of nitro benzene ring substituents is 1. The van der Waals surface area contributed by atoms with Crippen LogP contribution in [-0.4, -0.2) is 56.9 Å². The van der Waals surface area contributed by atoms with E-state index >= 15 is 0 Å². The van der Waals surface area contributed by atoms with Gasteiger partial charge in [-0.05, 0) is 41.8 Å². The van der Waals surface area contributed by atoms with E-state index in [9.17, 15) is 23.3 Å². The number of aryl methyl sites for hydroxylation is 1. The van der Waals surface area contributed by atoms with Gasteiger partial charge in [0.2, 0.25) is 10.0 Å². The number of piperazine rings is 1. The van der Waals surface area contributed by atoms with E-state index in [1.54, 1.807) is 24.3 Å². The van der Waals surface area contributed by atoms with Gasteiger partial charge < -0.3 is 9.64 Å². The fourth-order valence-electron chi connectivity index (χ4n) is 3.73. The van der Waals surface area contributed by atoms with Gasteiger partial charge in [-0.1, -0.05) is 31.5 Å². The molecule has 0 saturated carbocycles. The number of anilines is 1. The maximum absolute atomic E-state index is 13.0. The van der Waals surface area contributed by atoms with Crippen molar-refractivity contribution in [1.29, 1.82) is 0 Å². The van der Waals surface area contributed by atoms with E-state index in [0.717, 1.165) is 18.4 Å². The molecule has 0 N–H and O–H groups in total. The summed E-state index contributed by atoms with van der Waals surface area (Å²) >= 11 is 0. The maximum atomic E-state index is 13.0. The van der Waals surface area contributed by atoms with Gasteiger partial charge >= 0.3 is 5.97 Å². The lowest BCUT2D eigenvalue weighted by atomic mass is 10.1. The summed E-state index contributed by atoms with van der Waals surface area (Å²) in [6, 6.07) is 11.6. The van der Waals surface area contributed by atoms with Crippen molar-refractivity contribution in [2.24, 2.45) is 0 Å². The van der Waals surface area contributed by atoms with Gasteiger partial charge in [0, 0.05) is 38.3 Å². The highest BCUT2D eigenvalue weighted by Gasteiger charge is 2.30. The van der Waals surface area contributed by atoms with Crippen LogP contribution >= 0.6 is 0 Å². The molecule has 0 radical (unpaired) electrons. The molecule has 33 heavy (non-hydrogen) atoms. The van der Waals surface area contributed by atoms with Gasteiger partial charge in [-0.15, -0.1) is 0 Å². The van der Waals surface area contributed by atoms with Gasteiger partial charge in [0.05, 0.1) is 16.9 Å². The predicted molar refractivity (Wildman–Crippen MR) is 126 cm³/mol. The molecule has 10 heteroatoms. The molecular weight excluding hydrogens is 446 g/mol. The zero-order valence-electron chi connectivity index (χ0n) is 18.6. The zero-order chi connectivity index (χ0) is 24.0. The second-order valence-electron chi connectivity index (χ2n) is 7.65. The number of carbonyl (C=O) groups excluding carboxylic acids is 1. The molecule has 2 aromatic rings. The molecule has 0 amide bonds. The average Bonchev–Trinajstić information content (AvgIpc) is 2.83. The van der Waals surface area contributed by atoms with Gasteiger partial charge in [-0.2, -0.15) is 4.31 Å². The molecule has 2 aromatic carbocycles. The molecular formula is C23H27N3O6S. The Labute approximate surface area is 193 Å². The number of sulfonamides is 1. The summed E-state index contributed by atoms with van der Waals surface area (Å²) in [7, 11) is -2.38. The minimum absolute atomic E-state index is 0.107. The van der Waals surface area contributed by atoms with Crippen LogP contribution in [0.4, 0.5) is 11.4 Å². The summed E-state index contributed by atoms with van der Waals surface area (Å²) in [5, 5.41) is 11.7. The Morgan fingerprint density at radius 3 is 2.36 bits per heavy atom. The first kappa shape index (κ1) is 24.4. The predicted octanol–water partition coefficient (Wildman–Crippen LogP) is 3.24. The Hall–Kier alpha value is -3.24. The standard InChI is InChI=1S/C23H27N3O6S/c1-3-4-18-5-9-20(10-6-18)33(30,31)25-15-13-24(14-16-25)21-11-7-19(8-12-23(27)32-2)17-22(21)26(28)29/h5-12,17H,3-4,13-16H2,1-2H3/b12-8+. The average molecular weight is 474 g/mol. The number of hydrogen-bond donors (Lipinski definition) is 0. The highest BCUT2D eigenvalue weighted by Crippen LogP contribution is 2.31. The Morgan fingerprint density at radius 2 is 1.79 bits per heavy atom. The molecule has 0 spiro atoms. The van der Waals surface area contributed by atoms with E-state index in [1.807, 2.05) is 17.0 Å². The Kier molecular flexibility index (Phi) is 7.83. The van der Waals surface area contributed by atoms with E-state index < -0.39 is 20.9 Å². The van der Waals surface area contributed by atoms with Crippen molar-refractivity contribution in [2.75, 3.05) is 38.2 Å². The van der Waals surface area contributed by atoms with E-state index in [1.165, 1.54) is 29.6 Å². The molecule has 0 aliphatic carbocycles. The van der Waals surface area contributed by atoms with E-state index in [0.29, 0.717) is 24.3 Å².